The smallest absolute Gasteiger partial charge is 0.281 e. The van der Waals surface area contributed by atoms with Crippen LogP contribution in [0.5, 0.6) is 0 Å². The van der Waals surface area contributed by atoms with Crippen molar-refractivity contribution in [3.05, 3.63) is 114 Å². The number of allylic oxidation sites excluding steroid dienone is 2. The molecule has 2 aromatic carbocycles. The number of fused-ring (bicyclic) bond motifs is 6. The third-order valence-electron chi connectivity index (χ3n) is 9.00. The summed E-state index contributed by atoms with van der Waals surface area (Å²) in [4.78, 5) is 1.00. The van der Waals surface area contributed by atoms with Crippen molar-refractivity contribution in [1.29, 1.82) is 0 Å². The highest BCUT2D eigenvalue weighted by Crippen LogP contribution is 2.49. The fraction of sp³-hybridized carbons (Fsp3) is 0.143. The number of hydrogen-bond donors (Lipinski definition) is 2. The minimum Gasteiger partial charge on any atom is -0.281 e. The molecule has 2 aliphatic rings. The summed E-state index contributed by atoms with van der Waals surface area (Å²) in [6, 6.07) is 12.1. The molecule has 55 heavy (non-hydrogen) atoms. The van der Waals surface area contributed by atoms with Gasteiger partial charge in [-0.3, -0.25) is 9.11 Å². The van der Waals surface area contributed by atoms with E-state index in [2.05, 4.69) is 10.2 Å². The second-order valence-corrected chi connectivity index (χ2v) is 19.6. The zero-order valence-electron chi connectivity index (χ0n) is 27.5. The van der Waals surface area contributed by atoms with Gasteiger partial charge in [-0.1, -0.05) is 46.4 Å². The topological polar surface area (TPSA) is 144 Å². The highest BCUT2D eigenvalue weighted by Gasteiger charge is 2.35. The van der Waals surface area contributed by atoms with Crippen molar-refractivity contribution in [2.75, 3.05) is 0 Å². The maximum atomic E-state index is 15.9. The molecule has 20 heteroatoms. The number of hydrogen-bond acceptors (Lipinski definition) is 8. The first-order valence-electron chi connectivity index (χ1n) is 16.1. The molecule has 6 aromatic rings. The van der Waals surface area contributed by atoms with Gasteiger partial charge in [0.2, 0.25) is 0 Å². The Labute approximate surface area is 340 Å². The number of rotatable bonds is 10. The summed E-state index contributed by atoms with van der Waals surface area (Å²) < 4.78 is 101. The van der Waals surface area contributed by atoms with Crippen LogP contribution in [0.2, 0.25) is 20.1 Å². The quantitative estimate of drug-likeness (QED) is 0.102. The molecule has 0 fully saturated rings. The Morgan fingerprint density at radius 1 is 0.691 bits per heavy atom. The molecule has 4 aromatic heterocycles. The van der Waals surface area contributed by atoms with Crippen LogP contribution in [0, 0.1) is 0 Å². The van der Waals surface area contributed by atoms with E-state index < -0.39 is 31.9 Å². The van der Waals surface area contributed by atoms with Crippen molar-refractivity contribution in [3.63, 3.8) is 0 Å². The van der Waals surface area contributed by atoms with E-state index >= 15 is 8.78 Å². The minimum absolute atomic E-state index is 0.0335. The van der Waals surface area contributed by atoms with Crippen molar-refractivity contribution >= 4 is 101 Å². The monoisotopic (exact) mass is 900 g/mol. The molecule has 0 saturated carbocycles. The molecule has 2 aliphatic carbocycles. The van der Waals surface area contributed by atoms with E-state index in [0.717, 1.165) is 22.7 Å². The summed E-state index contributed by atoms with van der Waals surface area (Å²) >= 11 is 26.9. The normalized spacial score (nSPS) is 14.0. The van der Waals surface area contributed by atoms with Crippen LogP contribution in [0.4, 0.5) is 8.78 Å². The van der Waals surface area contributed by atoms with E-state index in [1.165, 1.54) is 45.8 Å². The molecule has 8 rings (SSSR count). The molecule has 0 saturated heterocycles. The highest BCUT2D eigenvalue weighted by molar-refractivity contribution is 7.88. The molecule has 0 unspecified atom stereocenters. The first-order chi connectivity index (χ1) is 26.0. The van der Waals surface area contributed by atoms with Crippen LogP contribution in [-0.2, 0) is 33.1 Å². The number of aromatic nitrogens is 4. The van der Waals surface area contributed by atoms with Crippen LogP contribution in [0.25, 0.3) is 44.2 Å². The second-order valence-electron chi connectivity index (χ2n) is 12.5. The number of thiophene rings is 2. The van der Waals surface area contributed by atoms with Gasteiger partial charge in [0.25, 0.3) is 0 Å². The van der Waals surface area contributed by atoms with Crippen LogP contribution in [0.3, 0.4) is 0 Å². The summed E-state index contributed by atoms with van der Waals surface area (Å²) in [7, 11) is -8.95. The Morgan fingerprint density at radius 2 is 1.09 bits per heavy atom. The van der Waals surface area contributed by atoms with Crippen molar-refractivity contribution in [2.45, 2.75) is 40.5 Å². The molecule has 0 aliphatic heterocycles. The van der Waals surface area contributed by atoms with E-state index in [0.29, 0.717) is 71.2 Å². The lowest BCUT2D eigenvalue weighted by molar-refractivity contribution is 0.483. The van der Waals surface area contributed by atoms with Crippen LogP contribution in [-0.4, -0.2) is 45.5 Å². The predicted octanol–water partition coefficient (Wildman–Crippen LogP) is 10.9. The molecule has 10 nitrogen and oxygen atoms in total. The third-order valence-corrected chi connectivity index (χ3v) is 15.0. The van der Waals surface area contributed by atoms with Gasteiger partial charge in [0.1, 0.15) is 31.5 Å². The zero-order valence-corrected chi connectivity index (χ0v) is 33.8. The highest BCUT2D eigenvalue weighted by atomic mass is 35.5. The van der Waals surface area contributed by atoms with Crippen molar-refractivity contribution in [2.24, 2.45) is 0 Å². The molecule has 2 N–H and O–H groups in total. The molecule has 0 spiro atoms. The standard InChI is InChI=1S/C35H22Cl4F2N4O6S4/c36-18-6-8-26(22(38)14-18)44-32-20(10-16-12-28(52-34(16)32)54(46,47)48)30(42-44)24(40)4-2-1-3-5-25(41)31-21-11-17-13-29(55(49,50)51)53-35(17)33(21)45(43-31)27-9-7-19(37)15-23(27)39/h4-9,12-15H,1-3,10-11H2,(H,46,47,48)(H,49,50,51)/b24-4-,25-5-. The van der Waals surface area contributed by atoms with Gasteiger partial charge in [-0.25, -0.2) is 18.1 Å². The lowest BCUT2D eigenvalue weighted by Crippen LogP contribution is -2.00. The maximum Gasteiger partial charge on any atom is 0.304 e. The average molecular weight is 903 g/mol. The Balaban J connectivity index is 1.06. The Kier molecular flexibility index (Phi) is 9.93. The number of unbranched alkanes of at least 4 members (excludes halogenated alkanes) is 2. The van der Waals surface area contributed by atoms with Gasteiger partial charge >= 0.3 is 20.2 Å². The van der Waals surface area contributed by atoms with Crippen LogP contribution >= 0.6 is 69.1 Å². The van der Waals surface area contributed by atoms with Crippen LogP contribution in [0.15, 0.2) is 69.1 Å². The Hall–Kier alpha value is -3.42. The van der Waals surface area contributed by atoms with Crippen molar-refractivity contribution in [1.82, 2.24) is 19.6 Å². The summed E-state index contributed by atoms with van der Waals surface area (Å²) in [5.74, 6) is -1.27. The summed E-state index contributed by atoms with van der Waals surface area (Å²) in [6.07, 6.45) is 3.76. The molecule has 0 bridgehead atoms. The number of nitrogens with zero attached hydrogens (tertiary/aromatic N) is 4. The first-order valence-corrected chi connectivity index (χ1v) is 22.1. The molecule has 0 radical (unpaired) electrons. The zero-order chi connectivity index (χ0) is 39.1. The predicted molar refractivity (Wildman–Crippen MR) is 211 cm³/mol. The van der Waals surface area contributed by atoms with Crippen LogP contribution in [0.1, 0.15) is 52.9 Å². The average Bonchev–Trinajstić information content (AvgIpc) is 3.92. The Morgan fingerprint density at radius 3 is 1.45 bits per heavy atom. The third kappa shape index (κ3) is 7.00. The van der Waals surface area contributed by atoms with Gasteiger partial charge in [-0.2, -0.15) is 27.0 Å². The van der Waals surface area contributed by atoms with Gasteiger partial charge in [0.15, 0.2) is 0 Å². The summed E-state index contributed by atoms with van der Waals surface area (Å²) in [6.45, 7) is 0. The number of benzene rings is 2. The molecular formula is C35H22Cl4F2N4O6S4. The fourth-order valence-electron chi connectivity index (χ4n) is 6.61. The lowest BCUT2D eigenvalue weighted by Gasteiger charge is -2.08. The van der Waals surface area contributed by atoms with E-state index in [9.17, 15) is 25.9 Å². The van der Waals surface area contributed by atoms with Crippen LogP contribution < -0.4 is 0 Å². The summed E-state index contributed by atoms with van der Waals surface area (Å²) in [5.41, 5.74) is 3.91. The molecule has 284 valence electrons. The second kappa shape index (κ2) is 14.2. The number of halogens is 6. The maximum absolute atomic E-state index is 15.9. The molecular weight excluding hydrogens is 880 g/mol. The van der Waals surface area contributed by atoms with E-state index in [4.69, 9.17) is 46.4 Å². The van der Waals surface area contributed by atoms with Gasteiger partial charge in [0, 0.05) is 34.0 Å². The van der Waals surface area contributed by atoms with Gasteiger partial charge < -0.3 is 0 Å². The largest absolute Gasteiger partial charge is 0.304 e. The molecule has 0 amide bonds. The van der Waals surface area contributed by atoms with Gasteiger partial charge in [-0.15, -0.1) is 22.7 Å². The first kappa shape index (κ1) is 38.5. The molecule has 4 heterocycles. The van der Waals surface area contributed by atoms with E-state index in [1.54, 1.807) is 24.3 Å². The minimum atomic E-state index is -4.47. The van der Waals surface area contributed by atoms with E-state index in [1.807, 2.05) is 0 Å². The van der Waals surface area contributed by atoms with Gasteiger partial charge in [0.05, 0.1) is 42.6 Å². The lowest BCUT2D eigenvalue weighted by atomic mass is 10.1. The molecule has 0 atom stereocenters. The van der Waals surface area contributed by atoms with Crippen molar-refractivity contribution in [3.8, 4) is 32.5 Å². The van der Waals surface area contributed by atoms with Crippen molar-refractivity contribution < 1.29 is 34.7 Å². The summed E-state index contributed by atoms with van der Waals surface area (Å²) in [5, 5.41) is 10.3. The van der Waals surface area contributed by atoms with Gasteiger partial charge in [-0.05, 0) is 91.1 Å². The SMILES string of the molecule is O=S(=O)(O)c1cc2c(s1)-c1c(c(/C(F)=C/CCC/C=C(\F)c3nn(-c4ccc(Cl)cc4Cl)c4c3Cc3cc(S(=O)(=O)O)sc3-4)nn1-c1ccc(Cl)cc1Cl)C2. The van der Waals surface area contributed by atoms with E-state index in [-0.39, 0.29) is 55.5 Å². The fourth-order valence-corrected chi connectivity index (χ4v) is 11.5. The Bertz CT molecular complexity index is 2700.